The zero-order chi connectivity index (χ0) is 21.8. The number of nitrogens with zero attached hydrogens (tertiary/aromatic N) is 2. The number of hydrogen-bond donors (Lipinski definition) is 0. The van der Waals surface area contributed by atoms with Gasteiger partial charge in [-0.05, 0) is 93.9 Å². The molecule has 0 aliphatic carbocycles. The van der Waals surface area contributed by atoms with Gasteiger partial charge in [-0.1, -0.05) is 0 Å². The van der Waals surface area contributed by atoms with Crippen LogP contribution in [0, 0.1) is 0 Å². The lowest BCUT2D eigenvalue weighted by molar-refractivity contribution is -0.159. The van der Waals surface area contributed by atoms with E-state index in [9.17, 15) is 17.7 Å². The maximum atomic E-state index is 14.8. The lowest BCUT2D eigenvalue weighted by Crippen LogP contribution is -2.64. The van der Waals surface area contributed by atoms with Crippen molar-refractivity contribution in [3.05, 3.63) is 0 Å². The van der Waals surface area contributed by atoms with Crippen molar-refractivity contribution >= 4 is 7.67 Å². The zero-order valence-corrected chi connectivity index (χ0v) is 19.6. The van der Waals surface area contributed by atoms with E-state index in [1.54, 1.807) is 9.34 Å². The Bertz CT molecular complexity index is 555. The van der Waals surface area contributed by atoms with Crippen LogP contribution in [-0.4, -0.2) is 44.3 Å². The third kappa shape index (κ3) is 4.63. The van der Waals surface area contributed by atoms with Crippen LogP contribution >= 0.6 is 7.67 Å². The molecular weight excluding hydrogens is 388 g/mol. The molecule has 4 nitrogen and oxygen atoms in total. The number of rotatable bonds is 4. The second-order valence-corrected chi connectivity index (χ2v) is 13.0. The summed E-state index contributed by atoms with van der Waals surface area (Å²) in [7, 11) is -4.01. The van der Waals surface area contributed by atoms with Crippen molar-refractivity contribution < 1.29 is 22.3 Å². The Hall–Kier alpha value is -0.100. The summed E-state index contributed by atoms with van der Waals surface area (Å²) in [6.45, 7) is 14.3. The monoisotopic (exact) mass is 426 g/mol. The fourth-order valence-electron chi connectivity index (χ4n) is 5.70. The largest absolute Gasteiger partial charge is 0.412 e. The van der Waals surface area contributed by atoms with Gasteiger partial charge in [-0.25, -0.2) is 9.34 Å². The van der Waals surface area contributed by atoms with Crippen LogP contribution < -0.4 is 0 Å². The van der Waals surface area contributed by atoms with Gasteiger partial charge in [0.2, 0.25) is 0 Å². The third-order valence-corrected chi connectivity index (χ3v) is 9.99. The molecule has 0 radical (unpaired) electrons. The first kappa shape index (κ1) is 24.2. The molecule has 2 aliphatic rings. The molecule has 0 aromatic heterocycles. The molecule has 2 heterocycles. The molecule has 0 aromatic carbocycles. The number of alkyl halides is 3. The molecule has 8 heteroatoms. The molecule has 2 saturated heterocycles. The first-order valence-electron chi connectivity index (χ1n) is 10.3. The highest BCUT2D eigenvalue weighted by Crippen LogP contribution is 2.69. The van der Waals surface area contributed by atoms with Crippen LogP contribution in [0.3, 0.4) is 0 Å². The van der Waals surface area contributed by atoms with Crippen LogP contribution in [0.5, 0.6) is 0 Å². The van der Waals surface area contributed by atoms with E-state index in [4.69, 9.17) is 4.52 Å². The summed E-state index contributed by atoms with van der Waals surface area (Å²) >= 11 is 0. The van der Waals surface area contributed by atoms with Crippen molar-refractivity contribution in [3.63, 3.8) is 0 Å². The number of halogens is 3. The molecule has 0 saturated carbocycles. The van der Waals surface area contributed by atoms with Crippen molar-refractivity contribution in [1.29, 1.82) is 0 Å². The average molecular weight is 427 g/mol. The minimum absolute atomic E-state index is 0.535. The molecule has 0 amide bonds. The molecule has 0 bridgehead atoms. The smallest absolute Gasteiger partial charge is 0.296 e. The summed E-state index contributed by atoms with van der Waals surface area (Å²) in [6.07, 6.45) is 0.429. The second kappa shape index (κ2) is 7.25. The van der Waals surface area contributed by atoms with Gasteiger partial charge in [0.15, 0.2) is 6.61 Å². The predicted octanol–water partition coefficient (Wildman–Crippen LogP) is 6.76. The Balaban J connectivity index is 2.67. The maximum Gasteiger partial charge on any atom is 0.412 e. The summed E-state index contributed by atoms with van der Waals surface area (Å²) in [5, 5.41) is 0. The van der Waals surface area contributed by atoms with E-state index in [0.29, 0.717) is 0 Å². The molecule has 0 N–H and O–H groups in total. The van der Waals surface area contributed by atoms with E-state index in [1.165, 1.54) is 0 Å². The Labute approximate surface area is 168 Å². The van der Waals surface area contributed by atoms with Crippen molar-refractivity contribution in [2.75, 3.05) is 6.61 Å². The quantitative estimate of drug-likeness (QED) is 0.465. The predicted molar refractivity (Wildman–Crippen MR) is 107 cm³/mol. The standard InChI is InChI=1S/C20H38F3N2O2P/c1-16(2)11-9-12-17(3,4)24(16)28(26,27-15-20(21,22)23)25-18(5,6)13-10-14-19(25,7)8/h9-15H2,1-8H3. The molecule has 0 aromatic rings. The summed E-state index contributed by atoms with van der Waals surface area (Å²) in [5.41, 5.74) is -2.14. The van der Waals surface area contributed by atoms with E-state index in [1.807, 2.05) is 55.4 Å². The molecule has 2 rings (SSSR count). The van der Waals surface area contributed by atoms with Crippen LogP contribution in [0.15, 0.2) is 0 Å². The summed E-state index contributed by atoms with van der Waals surface area (Å²) < 4.78 is 63.5. The first-order chi connectivity index (χ1) is 12.4. The molecule has 166 valence electrons. The van der Waals surface area contributed by atoms with Crippen LogP contribution in [0.4, 0.5) is 13.2 Å². The normalized spacial score (nSPS) is 28.2. The van der Waals surface area contributed by atoms with Crippen LogP contribution in [0.2, 0.25) is 0 Å². The van der Waals surface area contributed by atoms with Gasteiger partial charge in [0.1, 0.15) is 0 Å². The zero-order valence-electron chi connectivity index (χ0n) is 18.7. The van der Waals surface area contributed by atoms with Gasteiger partial charge in [-0.3, -0.25) is 9.09 Å². The molecule has 2 aliphatic heterocycles. The number of hydrogen-bond acceptors (Lipinski definition) is 2. The van der Waals surface area contributed by atoms with Gasteiger partial charge in [0, 0.05) is 22.2 Å². The highest BCUT2D eigenvalue weighted by Gasteiger charge is 2.61. The lowest BCUT2D eigenvalue weighted by atomic mass is 9.82. The highest BCUT2D eigenvalue weighted by atomic mass is 31.2. The summed E-state index contributed by atoms with van der Waals surface area (Å²) in [5.74, 6) is 0. The average Bonchev–Trinajstić information content (AvgIpc) is 2.40. The number of piperidine rings is 2. The van der Waals surface area contributed by atoms with Crippen molar-refractivity contribution in [1.82, 2.24) is 9.34 Å². The van der Waals surface area contributed by atoms with E-state index in [2.05, 4.69) is 0 Å². The topological polar surface area (TPSA) is 32.8 Å². The fourth-order valence-corrected chi connectivity index (χ4v) is 9.56. The Kier molecular flexibility index (Phi) is 6.26. The van der Waals surface area contributed by atoms with Crippen molar-refractivity contribution in [2.45, 2.75) is 122 Å². The van der Waals surface area contributed by atoms with Gasteiger partial charge in [-0.2, -0.15) is 13.2 Å². The minimum Gasteiger partial charge on any atom is -0.296 e. The van der Waals surface area contributed by atoms with Crippen LogP contribution in [0.25, 0.3) is 0 Å². The lowest BCUT2D eigenvalue weighted by Gasteiger charge is -2.62. The highest BCUT2D eigenvalue weighted by molar-refractivity contribution is 7.54. The fraction of sp³-hybridized carbons (Fsp3) is 1.00. The SMILES string of the molecule is CC1(C)CCCC(C)(C)N1P(=O)(OCC(F)(F)F)N1C(C)(C)CCCC1(C)C. The Morgan fingerprint density at radius 3 is 1.29 bits per heavy atom. The van der Waals surface area contributed by atoms with Crippen molar-refractivity contribution in [2.24, 2.45) is 0 Å². The third-order valence-electron chi connectivity index (χ3n) is 6.35. The van der Waals surface area contributed by atoms with E-state index in [0.717, 1.165) is 38.5 Å². The molecule has 0 atom stereocenters. The van der Waals surface area contributed by atoms with E-state index >= 15 is 0 Å². The Morgan fingerprint density at radius 1 is 0.750 bits per heavy atom. The second-order valence-electron chi connectivity index (χ2n) is 11.0. The van der Waals surface area contributed by atoms with E-state index in [-0.39, 0.29) is 0 Å². The van der Waals surface area contributed by atoms with Gasteiger partial charge >= 0.3 is 13.8 Å². The van der Waals surface area contributed by atoms with Gasteiger partial charge in [-0.15, -0.1) is 0 Å². The Morgan fingerprint density at radius 2 is 1.04 bits per heavy atom. The summed E-state index contributed by atoms with van der Waals surface area (Å²) in [6, 6.07) is 0. The first-order valence-corrected chi connectivity index (χ1v) is 11.8. The minimum atomic E-state index is -4.54. The molecular formula is C20H38F3N2O2P. The van der Waals surface area contributed by atoms with Crippen LogP contribution in [0.1, 0.15) is 93.9 Å². The van der Waals surface area contributed by atoms with Gasteiger partial charge in [0.05, 0.1) is 0 Å². The maximum absolute atomic E-state index is 14.8. The van der Waals surface area contributed by atoms with E-state index < -0.39 is 42.6 Å². The van der Waals surface area contributed by atoms with Crippen LogP contribution in [-0.2, 0) is 9.09 Å². The molecule has 2 fully saturated rings. The van der Waals surface area contributed by atoms with Gasteiger partial charge < -0.3 is 0 Å². The van der Waals surface area contributed by atoms with Crippen molar-refractivity contribution in [3.8, 4) is 0 Å². The van der Waals surface area contributed by atoms with Gasteiger partial charge in [0.25, 0.3) is 0 Å². The summed E-state index contributed by atoms with van der Waals surface area (Å²) in [4.78, 5) is 0. The molecule has 28 heavy (non-hydrogen) atoms. The molecule has 0 spiro atoms. The molecule has 0 unspecified atom stereocenters.